The van der Waals surface area contributed by atoms with E-state index in [0.29, 0.717) is 10.8 Å². The Bertz CT molecular complexity index is 904. The van der Waals surface area contributed by atoms with Crippen LogP contribution in [0.3, 0.4) is 0 Å². The predicted octanol–water partition coefficient (Wildman–Crippen LogP) is 3.01. The SMILES string of the molecule is CN1C(=O)COc2ccc(-c3cn4cc(Cl)ccc4n3)cc21. The second-order valence-electron chi connectivity index (χ2n) is 5.16. The first-order valence-corrected chi connectivity index (χ1v) is 7.18. The molecule has 0 unspecified atom stereocenters. The summed E-state index contributed by atoms with van der Waals surface area (Å²) in [6.07, 6.45) is 3.72. The quantitative estimate of drug-likeness (QED) is 0.694. The van der Waals surface area contributed by atoms with E-state index in [-0.39, 0.29) is 12.5 Å². The van der Waals surface area contributed by atoms with Crippen LogP contribution in [-0.2, 0) is 4.79 Å². The Kier molecular flexibility index (Phi) is 2.84. The summed E-state index contributed by atoms with van der Waals surface area (Å²) in [5.74, 6) is 0.643. The monoisotopic (exact) mass is 313 g/mol. The number of imidazole rings is 1. The lowest BCUT2D eigenvalue weighted by Crippen LogP contribution is -2.35. The van der Waals surface area contributed by atoms with E-state index in [1.807, 2.05) is 41.1 Å². The number of pyridine rings is 1. The Hall–Kier alpha value is -2.53. The minimum absolute atomic E-state index is 0.0635. The average molecular weight is 314 g/mol. The lowest BCUT2D eigenvalue weighted by atomic mass is 10.1. The Balaban J connectivity index is 1.83. The maximum absolute atomic E-state index is 11.7. The van der Waals surface area contributed by atoms with Crippen LogP contribution >= 0.6 is 11.6 Å². The van der Waals surface area contributed by atoms with Gasteiger partial charge < -0.3 is 14.0 Å². The van der Waals surface area contributed by atoms with Crippen molar-refractivity contribution in [3.8, 4) is 17.0 Å². The lowest BCUT2D eigenvalue weighted by molar-refractivity contribution is -0.120. The number of likely N-dealkylation sites (N-methyl/N-ethyl adjacent to an activating group) is 1. The molecule has 1 amide bonds. The maximum Gasteiger partial charge on any atom is 0.264 e. The summed E-state index contributed by atoms with van der Waals surface area (Å²) in [5.41, 5.74) is 3.31. The molecule has 22 heavy (non-hydrogen) atoms. The van der Waals surface area contributed by atoms with Gasteiger partial charge in [-0.15, -0.1) is 0 Å². The fraction of sp³-hybridized carbons (Fsp3) is 0.125. The van der Waals surface area contributed by atoms with Gasteiger partial charge in [-0.05, 0) is 30.3 Å². The van der Waals surface area contributed by atoms with Crippen molar-refractivity contribution in [1.82, 2.24) is 9.38 Å². The second-order valence-corrected chi connectivity index (χ2v) is 5.60. The molecule has 0 saturated carbocycles. The molecule has 110 valence electrons. The smallest absolute Gasteiger partial charge is 0.264 e. The molecular weight excluding hydrogens is 302 g/mol. The van der Waals surface area contributed by atoms with Gasteiger partial charge in [-0.3, -0.25) is 4.79 Å². The zero-order valence-electron chi connectivity index (χ0n) is 11.8. The van der Waals surface area contributed by atoms with Crippen molar-refractivity contribution in [1.29, 1.82) is 0 Å². The molecule has 1 aromatic carbocycles. The van der Waals surface area contributed by atoms with Gasteiger partial charge in [0, 0.05) is 25.0 Å². The van der Waals surface area contributed by atoms with Crippen LogP contribution < -0.4 is 9.64 Å². The standard InChI is InChI=1S/C16H12ClN3O2/c1-19-13-6-10(2-4-14(13)22-9-16(19)21)12-8-20-7-11(17)3-5-15(20)18-12/h2-8H,9H2,1H3. The van der Waals surface area contributed by atoms with Crippen molar-refractivity contribution < 1.29 is 9.53 Å². The van der Waals surface area contributed by atoms with E-state index >= 15 is 0 Å². The summed E-state index contributed by atoms with van der Waals surface area (Å²) in [6.45, 7) is 0.0791. The number of hydrogen-bond donors (Lipinski definition) is 0. The van der Waals surface area contributed by atoms with E-state index in [9.17, 15) is 4.79 Å². The minimum atomic E-state index is -0.0635. The number of rotatable bonds is 1. The summed E-state index contributed by atoms with van der Waals surface area (Å²) >= 11 is 5.99. The number of benzene rings is 1. The highest BCUT2D eigenvalue weighted by Crippen LogP contribution is 2.35. The average Bonchev–Trinajstić information content (AvgIpc) is 2.94. The molecule has 0 spiro atoms. The first-order chi connectivity index (χ1) is 10.6. The highest BCUT2D eigenvalue weighted by molar-refractivity contribution is 6.30. The number of halogens is 1. The molecule has 3 aromatic rings. The number of carbonyl (C=O) groups is 1. The first kappa shape index (κ1) is 13.2. The summed E-state index contributed by atoms with van der Waals surface area (Å²) in [7, 11) is 1.75. The molecule has 0 atom stereocenters. The van der Waals surface area contributed by atoms with Crippen molar-refractivity contribution in [3.63, 3.8) is 0 Å². The summed E-state index contributed by atoms with van der Waals surface area (Å²) < 4.78 is 7.31. The van der Waals surface area contributed by atoms with Crippen molar-refractivity contribution in [2.45, 2.75) is 0 Å². The molecule has 0 N–H and O–H groups in total. The van der Waals surface area contributed by atoms with Crippen LogP contribution in [-0.4, -0.2) is 28.9 Å². The molecule has 6 heteroatoms. The number of nitrogens with zero attached hydrogens (tertiary/aromatic N) is 3. The molecule has 4 rings (SSSR count). The van der Waals surface area contributed by atoms with E-state index in [1.165, 1.54) is 0 Å². The third-order valence-electron chi connectivity index (χ3n) is 3.76. The van der Waals surface area contributed by atoms with Crippen molar-refractivity contribution >= 4 is 28.8 Å². The number of carbonyl (C=O) groups excluding carboxylic acids is 1. The molecule has 5 nitrogen and oxygen atoms in total. The third-order valence-corrected chi connectivity index (χ3v) is 3.98. The topological polar surface area (TPSA) is 46.8 Å². The number of fused-ring (bicyclic) bond motifs is 2. The van der Waals surface area contributed by atoms with E-state index in [4.69, 9.17) is 16.3 Å². The number of amides is 1. The predicted molar refractivity (Wildman–Crippen MR) is 84.5 cm³/mol. The number of aromatic nitrogens is 2. The van der Waals surface area contributed by atoms with Crippen molar-refractivity contribution in [3.05, 3.63) is 47.7 Å². The Labute approximate surface area is 131 Å². The Morgan fingerprint density at radius 1 is 1.23 bits per heavy atom. The number of ether oxygens (including phenoxy) is 1. The van der Waals surface area contributed by atoms with Crippen LogP contribution in [0.2, 0.25) is 5.02 Å². The molecule has 0 saturated heterocycles. The highest BCUT2D eigenvalue weighted by atomic mass is 35.5. The fourth-order valence-corrected chi connectivity index (χ4v) is 2.70. The molecular formula is C16H12ClN3O2. The Morgan fingerprint density at radius 2 is 2.09 bits per heavy atom. The van der Waals surface area contributed by atoms with Gasteiger partial charge in [-0.25, -0.2) is 4.98 Å². The van der Waals surface area contributed by atoms with Gasteiger partial charge in [0.1, 0.15) is 11.4 Å². The summed E-state index contributed by atoms with van der Waals surface area (Å²) in [4.78, 5) is 17.9. The molecule has 0 bridgehead atoms. The molecule has 0 fully saturated rings. The molecule has 2 aromatic heterocycles. The fourth-order valence-electron chi connectivity index (χ4n) is 2.54. The van der Waals surface area contributed by atoms with Gasteiger partial charge >= 0.3 is 0 Å². The van der Waals surface area contributed by atoms with Gasteiger partial charge in [0.2, 0.25) is 0 Å². The summed E-state index contributed by atoms with van der Waals surface area (Å²) in [5, 5.41) is 0.653. The van der Waals surface area contributed by atoms with Crippen molar-refractivity contribution in [2.24, 2.45) is 0 Å². The maximum atomic E-state index is 11.7. The third kappa shape index (κ3) is 2.02. The molecule has 1 aliphatic rings. The molecule has 1 aliphatic heterocycles. The van der Waals surface area contributed by atoms with Gasteiger partial charge in [-0.1, -0.05) is 11.6 Å². The van der Waals surface area contributed by atoms with Crippen molar-refractivity contribution in [2.75, 3.05) is 18.6 Å². The number of anilines is 1. The van der Waals surface area contributed by atoms with Crippen LogP contribution in [0.25, 0.3) is 16.9 Å². The van der Waals surface area contributed by atoms with Gasteiger partial charge in [-0.2, -0.15) is 0 Å². The zero-order valence-corrected chi connectivity index (χ0v) is 12.5. The minimum Gasteiger partial charge on any atom is -0.482 e. The zero-order chi connectivity index (χ0) is 15.3. The second kappa shape index (κ2) is 4.74. The van der Waals surface area contributed by atoms with Gasteiger partial charge in [0.25, 0.3) is 5.91 Å². The van der Waals surface area contributed by atoms with Gasteiger partial charge in [0.05, 0.1) is 16.4 Å². The highest BCUT2D eigenvalue weighted by Gasteiger charge is 2.22. The van der Waals surface area contributed by atoms with Gasteiger partial charge in [0.15, 0.2) is 6.61 Å². The number of hydrogen-bond acceptors (Lipinski definition) is 3. The first-order valence-electron chi connectivity index (χ1n) is 6.80. The normalized spacial score (nSPS) is 14.1. The van der Waals surface area contributed by atoms with E-state index < -0.39 is 0 Å². The lowest BCUT2D eigenvalue weighted by Gasteiger charge is -2.26. The summed E-state index contributed by atoms with van der Waals surface area (Å²) in [6, 6.07) is 9.38. The molecule has 0 radical (unpaired) electrons. The van der Waals surface area contributed by atoms with E-state index in [0.717, 1.165) is 22.6 Å². The molecule has 0 aliphatic carbocycles. The largest absolute Gasteiger partial charge is 0.482 e. The van der Waals surface area contributed by atoms with Crippen LogP contribution in [0.15, 0.2) is 42.7 Å². The van der Waals surface area contributed by atoms with Crippen LogP contribution in [0.5, 0.6) is 5.75 Å². The van der Waals surface area contributed by atoms with Crippen LogP contribution in [0, 0.1) is 0 Å². The Morgan fingerprint density at radius 3 is 2.95 bits per heavy atom. The van der Waals surface area contributed by atoms with Crippen LogP contribution in [0.1, 0.15) is 0 Å². The van der Waals surface area contributed by atoms with Crippen LogP contribution in [0.4, 0.5) is 5.69 Å². The van der Waals surface area contributed by atoms with E-state index in [1.54, 1.807) is 18.0 Å². The molecule has 3 heterocycles. The van der Waals surface area contributed by atoms with E-state index in [2.05, 4.69) is 4.98 Å².